The van der Waals surface area contributed by atoms with Crippen LogP contribution < -0.4 is 0 Å². The highest BCUT2D eigenvalue weighted by atomic mass is 16.5. The molecule has 2 unspecified atom stereocenters. The molecule has 0 saturated heterocycles. The van der Waals surface area contributed by atoms with Gasteiger partial charge in [-0.2, -0.15) is 0 Å². The second-order valence-electron chi connectivity index (χ2n) is 5.05. The van der Waals surface area contributed by atoms with Gasteiger partial charge in [0.1, 0.15) is 6.10 Å². The largest absolute Gasteiger partial charge is 0.460 e. The smallest absolute Gasteiger partial charge is 0.330 e. The van der Waals surface area contributed by atoms with Crippen LogP contribution in [0.3, 0.4) is 0 Å². The van der Waals surface area contributed by atoms with E-state index >= 15 is 0 Å². The summed E-state index contributed by atoms with van der Waals surface area (Å²) in [6.07, 6.45) is 8.55. The van der Waals surface area contributed by atoms with Crippen molar-refractivity contribution < 1.29 is 19.1 Å². The summed E-state index contributed by atoms with van der Waals surface area (Å²) in [6, 6.07) is 0. The molecule has 0 amide bonds. The van der Waals surface area contributed by atoms with Gasteiger partial charge in [-0.3, -0.25) is 0 Å². The predicted molar refractivity (Wildman–Crippen MR) is 90.6 cm³/mol. The average Bonchev–Trinajstić information content (AvgIpc) is 2.52. The van der Waals surface area contributed by atoms with Gasteiger partial charge in [0.25, 0.3) is 0 Å². The number of unbranched alkanes of at least 4 members (excludes halogenated alkanes) is 1. The topological polar surface area (TPSA) is 52.6 Å². The van der Waals surface area contributed by atoms with Crippen molar-refractivity contribution >= 4 is 11.9 Å². The summed E-state index contributed by atoms with van der Waals surface area (Å²) in [5.74, 6) is -0.640. The summed E-state index contributed by atoms with van der Waals surface area (Å²) in [4.78, 5) is 21.4. The molecule has 2 atom stereocenters. The Labute approximate surface area is 135 Å². The van der Waals surface area contributed by atoms with Crippen molar-refractivity contribution in [3.05, 3.63) is 25.3 Å². The number of rotatable bonds is 10. The van der Waals surface area contributed by atoms with Crippen molar-refractivity contribution in [1.82, 2.24) is 0 Å². The van der Waals surface area contributed by atoms with E-state index in [4.69, 9.17) is 9.47 Å². The van der Waals surface area contributed by atoms with Gasteiger partial charge in [0.05, 0.1) is 6.10 Å². The fraction of sp³-hybridized carbons (Fsp3) is 0.667. The van der Waals surface area contributed by atoms with Gasteiger partial charge in [-0.15, -0.1) is 0 Å². The Bertz CT molecular complexity index is 323. The van der Waals surface area contributed by atoms with Crippen molar-refractivity contribution in [2.75, 3.05) is 0 Å². The van der Waals surface area contributed by atoms with Crippen LogP contribution in [-0.2, 0) is 19.1 Å². The minimum Gasteiger partial charge on any atom is -0.460 e. The van der Waals surface area contributed by atoms with Gasteiger partial charge < -0.3 is 9.47 Å². The van der Waals surface area contributed by atoms with Gasteiger partial charge in [-0.25, -0.2) is 9.59 Å². The Morgan fingerprint density at radius 1 is 0.955 bits per heavy atom. The van der Waals surface area contributed by atoms with Crippen molar-refractivity contribution in [2.45, 2.75) is 78.4 Å². The van der Waals surface area contributed by atoms with E-state index in [1.807, 2.05) is 13.8 Å². The number of carbonyl (C=O) groups excluding carboxylic acids is 2. The molecule has 0 bridgehead atoms. The Morgan fingerprint density at radius 3 is 1.91 bits per heavy atom. The van der Waals surface area contributed by atoms with Crippen molar-refractivity contribution in [3.63, 3.8) is 0 Å². The maximum Gasteiger partial charge on any atom is 0.330 e. The van der Waals surface area contributed by atoms with Crippen LogP contribution in [-0.4, -0.2) is 24.1 Å². The lowest BCUT2D eigenvalue weighted by molar-refractivity contribution is -0.144. The van der Waals surface area contributed by atoms with Gasteiger partial charge in [0.15, 0.2) is 0 Å². The molecule has 0 N–H and O–H groups in total. The third kappa shape index (κ3) is 14.8. The van der Waals surface area contributed by atoms with E-state index in [2.05, 4.69) is 27.0 Å². The summed E-state index contributed by atoms with van der Waals surface area (Å²) in [5.41, 5.74) is 0. The molecule has 128 valence electrons. The second kappa shape index (κ2) is 15.8. The Kier molecular flexibility index (Phi) is 16.3. The van der Waals surface area contributed by atoms with Gasteiger partial charge in [0, 0.05) is 12.2 Å². The summed E-state index contributed by atoms with van der Waals surface area (Å²) in [5, 5.41) is 0. The predicted octanol–water partition coefficient (Wildman–Crippen LogP) is 4.59. The molecule has 0 aromatic rings. The SMILES string of the molecule is C=CC(=O)OC(C)CCCC.C=CC(=O)OC(CC)CCC. The molecule has 0 spiro atoms. The molecule has 0 aromatic carbocycles. The summed E-state index contributed by atoms with van der Waals surface area (Å²) in [7, 11) is 0. The molecule has 0 aliphatic heterocycles. The second-order valence-corrected chi connectivity index (χ2v) is 5.05. The molecule has 0 aromatic heterocycles. The third-order valence-corrected chi connectivity index (χ3v) is 2.96. The lowest BCUT2D eigenvalue weighted by Crippen LogP contribution is -2.15. The maximum atomic E-state index is 10.7. The van der Waals surface area contributed by atoms with Crippen LogP contribution in [0.2, 0.25) is 0 Å². The monoisotopic (exact) mass is 312 g/mol. The van der Waals surface area contributed by atoms with Crippen LogP contribution in [0, 0.1) is 0 Å². The minimum atomic E-state index is -0.325. The normalized spacial score (nSPS) is 12.2. The molecule has 4 nitrogen and oxygen atoms in total. The van der Waals surface area contributed by atoms with Crippen molar-refractivity contribution in [3.8, 4) is 0 Å². The first-order valence-electron chi connectivity index (χ1n) is 8.11. The highest BCUT2D eigenvalue weighted by Gasteiger charge is 2.07. The first-order valence-corrected chi connectivity index (χ1v) is 8.11. The minimum absolute atomic E-state index is 0.0282. The van der Waals surface area contributed by atoms with Crippen molar-refractivity contribution in [1.29, 1.82) is 0 Å². The van der Waals surface area contributed by atoms with E-state index in [1.165, 1.54) is 12.2 Å². The van der Waals surface area contributed by atoms with E-state index in [-0.39, 0.29) is 24.1 Å². The molecule has 22 heavy (non-hydrogen) atoms. The highest BCUT2D eigenvalue weighted by molar-refractivity contribution is 5.81. The standard InChI is InChI=1S/2C9H16O2/c1-4-6-7-8(3)11-9(10)5-2;1-4-7-8(5-2)11-9(10)6-3/h5,8H,2,4,6-7H2,1,3H3;6,8H,3-5,7H2,1-2H3. The van der Waals surface area contributed by atoms with Crippen LogP contribution >= 0.6 is 0 Å². The van der Waals surface area contributed by atoms with E-state index in [1.54, 1.807) is 0 Å². The van der Waals surface area contributed by atoms with Gasteiger partial charge in [0.2, 0.25) is 0 Å². The van der Waals surface area contributed by atoms with E-state index in [0.29, 0.717) is 0 Å². The quantitative estimate of drug-likeness (QED) is 0.437. The maximum absolute atomic E-state index is 10.7. The van der Waals surface area contributed by atoms with Gasteiger partial charge >= 0.3 is 11.9 Å². The number of hydrogen-bond acceptors (Lipinski definition) is 4. The van der Waals surface area contributed by atoms with Crippen LogP contribution in [0.1, 0.15) is 66.2 Å². The fourth-order valence-electron chi connectivity index (χ4n) is 1.68. The molecule has 0 aliphatic carbocycles. The first kappa shape index (κ1) is 22.7. The number of esters is 2. The first-order chi connectivity index (χ1) is 10.4. The zero-order valence-corrected chi connectivity index (χ0v) is 14.6. The van der Waals surface area contributed by atoms with Crippen LogP contribution in [0.15, 0.2) is 25.3 Å². The zero-order valence-electron chi connectivity index (χ0n) is 14.6. The zero-order chi connectivity index (χ0) is 17.4. The molecule has 0 rings (SSSR count). The number of ether oxygens (including phenoxy) is 2. The number of carbonyl (C=O) groups is 2. The lowest BCUT2D eigenvalue weighted by atomic mass is 10.2. The average molecular weight is 312 g/mol. The fourth-order valence-corrected chi connectivity index (χ4v) is 1.68. The van der Waals surface area contributed by atoms with E-state index < -0.39 is 0 Å². The number of hydrogen-bond donors (Lipinski definition) is 0. The Hall–Kier alpha value is -1.58. The van der Waals surface area contributed by atoms with Crippen molar-refractivity contribution in [2.24, 2.45) is 0 Å². The molecule has 0 fully saturated rings. The summed E-state index contributed by atoms with van der Waals surface area (Å²) < 4.78 is 9.98. The van der Waals surface area contributed by atoms with E-state index in [9.17, 15) is 9.59 Å². The molecule has 0 aliphatic rings. The molecule has 0 radical (unpaired) electrons. The van der Waals surface area contributed by atoms with Crippen LogP contribution in [0.4, 0.5) is 0 Å². The van der Waals surface area contributed by atoms with Gasteiger partial charge in [-0.05, 0) is 26.2 Å². The Morgan fingerprint density at radius 2 is 1.50 bits per heavy atom. The molecular formula is C18H32O4. The molecule has 0 heterocycles. The Balaban J connectivity index is 0. The van der Waals surface area contributed by atoms with Gasteiger partial charge in [-0.1, -0.05) is 53.2 Å². The molecular weight excluding hydrogens is 280 g/mol. The summed E-state index contributed by atoms with van der Waals surface area (Å²) in [6.45, 7) is 14.8. The molecule has 4 heteroatoms. The van der Waals surface area contributed by atoms with Crippen LogP contribution in [0.25, 0.3) is 0 Å². The van der Waals surface area contributed by atoms with Crippen LogP contribution in [0.5, 0.6) is 0 Å². The lowest BCUT2D eigenvalue weighted by Gasteiger charge is -2.13. The highest BCUT2D eigenvalue weighted by Crippen LogP contribution is 2.06. The molecule has 0 saturated carbocycles. The third-order valence-electron chi connectivity index (χ3n) is 2.96. The van der Waals surface area contributed by atoms with E-state index in [0.717, 1.165) is 38.5 Å². The summed E-state index contributed by atoms with van der Waals surface area (Å²) >= 11 is 0.